The molecule has 1 N–H and O–H groups in total. The number of piperidine rings is 1. The van der Waals surface area contributed by atoms with E-state index in [4.69, 9.17) is 4.74 Å². The number of hydrogen-bond acceptors (Lipinski definition) is 3. The zero-order chi connectivity index (χ0) is 20.9. The molecule has 2 aromatic rings. The molecule has 1 fully saturated rings. The average molecular weight is 406 g/mol. The Hall–Kier alpha value is -2.54. The van der Waals surface area contributed by atoms with Gasteiger partial charge in [0.2, 0.25) is 5.91 Å². The van der Waals surface area contributed by atoms with Gasteiger partial charge in [-0.1, -0.05) is 30.7 Å². The van der Waals surface area contributed by atoms with Crippen LogP contribution in [0.4, 0.5) is 18.9 Å². The molecule has 0 radical (unpaired) electrons. The molecule has 1 unspecified atom stereocenters. The van der Waals surface area contributed by atoms with E-state index >= 15 is 0 Å². The number of anilines is 1. The highest BCUT2D eigenvalue weighted by molar-refractivity contribution is 5.93. The molecule has 29 heavy (non-hydrogen) atoms. The third kappa shape index (κ3) is 5.50. The van der Waals surface area contributed by atoms with Gasteiger partial charge in [-0.05, 0) is 56.1 Å². The number of likely N-dealkylation sites (tertiary alicyclic amines) is 1. The van der Waals surface area contributed by atoms with Gasteiger partial charge in [0.25, 0.3) is 0 Å². The molecule has 0 spiro atoms. The molecule has 0 saturated carbocycles. The Labute approximate surface area is 168 Å². The lowest BCUT2D eigenvalue weighted by Gasteiger charge is -2.35. The van der Waals surface area contributed by atoms with Crippen molar-refractivity contribution in [2.45, 2.75) is 38.4 Å². The van der Waals surface area contributed by atoms with E-state index in [-0.39, 0.29) is 18.5 Å². The molecule has 3 rings (SSSR count). The summed E-state index contributed by atoms with van der Waals surface area (Å²) in [6.07, 6.45) is -1.59. The van der Waals surface area contributed by atoms with E-state index in [2.05, 4.69) is 5.32 Å². The fraction of sp³-hybridized carbons (Fsp3) is 0.409. The fourth-order valence-corrected chi connectivity index (χ4v) is 3.68. The van der Waals surface area contributed by atoms with Crippen LogP contribution in [0.5, 0.6) is 5.75 Å². The van der Waals surface area contributed by atoms with E-state index < -0.39 is 11.7 Å². The lowest BCUT2D eigenvalue weighted by Crippen LogP contribution is -2.39. The van der Waals surface area contributed by atoms with Gasteiger partial charge in [-0.3, -0.25) is 9.69 Å². The van der Waals surface area contributed by atoms with Crippen molar-refractivity contribution < 1.29 is 22.7 Å². The Morgan fingerprint density at radius 2 is 1.86 bits per heavy atom. The molecule has 1 saturated heterocycles. The molecule has 0 bridgehead atoms. The minimum Gasteiger partial charge on any atom is -0.492 e. The van der Waals surface area contributed by atoms with Crippen LogP contribution >= 0.6 is 0 Å². The van der Waals surface area contributed by atoms with E-state index in [9.17, 15) is 18.0 Å². The Morgan fingerprint density at radius 1 is 1.14 bits per heavy atom. The summed E-state index contributed by atoms with van der Waals surface area (Å²) in [6.45, 7) is 3.27. The maximum absolute atomic E-state index is 12.8. The largest absolute Gasteiger partial charge is 0.492 e. The maximum atomic E-state index is 12.8. The van der Waals surface area contributed by atoms with E-state index in [0.29, 0.717) is 18.0 Å². The number of alkyl halides is 3. The highest BCUT2D eigenvalue weighted by Crippen LogP contribution is 2.34. The third-order valence-corrected chi connectivity index (χ3v) is 5.04. The van der Waals surface area contributed by atoms with Crippen LogP contribution in [0.2, 0.25) is 0 Å². The van der Waals surface area contributed by atoms with E-state index in [1.54, 1.807) is 12.1 Å². The smallest absolute Gasteiger partial charge is 0.416 e. The molecule has 1 heterocycles. The van der Waals surface area contributed by atoms with Crippen LogP contribution in [0.1, 0.15) is 43.4 Å². The quantitative estimate of drug-likeness (QED) is 0.711. The second-order valence-corrected chi connectivity index (χ2v) is 7.08. The third-order valence-electron chi connectivity index (χ3n) is 5.04. The first-order valence-electron chi connectivity index (χ1n) is 9.81. The van der Waals surface area contributed by atoms with Gasteiger partial charge in [-0.2, -0.15) is 13.2 Å². The van der Waals surface area contributed by atoms with Crippen LogP contribution in [0, 0.1) is 0 Å². The summed E-state index contributed by atoms with van der Waals surface area (Å²) < 4.78 is 44.0. The lowest BCUT2D eigenvalue weighted by atomic mass is 9.94. The lowest BCUT2D eigenvalue weighted by molar-refractivity contribution is -0.137. The maximum Gasteiger partial charge on any atom is 0.416 e. The SMILES string of the molecule is CCOc1ccccc1NC(=O)CN1CCCCC1c1ccc(C(F)(F)F)cc1. The van der Waals surface area contributed by atoms with Crippen molar-refractivity contribution >= 4 is 11.6 Å². The summed E-state index contributed by atoms with van der Waals surface area (Å²) in [5.41, 5.74) is 0.761. The second-order valence-electron chi connectivity index (χ2n) is 7.08. The van der Waals surface area contributed by atoms with Crippen LogP contribution in [-0.4, -0.2) is 30.5 Å². The molecule has 156 valence electrons. The van der Waals surface area contributed by atoms with Crippen LogP contribution in [0.15, 0.2) is 48.5 Å². The first-order valence-corrected chi connectivity index (χ1v) is 9.81. The van der Waals surface area contributed by atoms with Gasteiger partial charge in [0, 0.05) is 6.04 Å². The Balaban J connectivity index is 1.69. The van der Waals surface area contributed by atoms with Gasteiger partial charge in [-0.15, -0.1) is 0 Å². The Morgan fingerprint density at radius 3 is 2.55 bits per heavy atom. The Bertz CT molecular complexity index is 822. The van der Waals surface area contributed by atoms with Gasteiger partial charge in [-0.25, -0.2) is 0 Å². The molecule has 0 aromatic heterocycles. The first kappa shape index (κ1) is 21.2. The van der Waals surface area contributed by atoms with Gasteiger partial charge in [0.05, 0.1) is 24.4 Å². The summed E-state index contributed by atoms with van der Waals surface area (Å²) in [4.78, 5) is 14.7. The van der Waals surface area contributed by atoms with E-state index in [1.165, 1.54) is 12.1 Å². The predicted molar refractivity (Wildman–Crippen MR) is 106 cm³/mol. The van der Waals surface area contributed by atoms with Crippen molar-refractivity contribution in [2.75, 3.05) is 25.0 Å². The number of nitrogens with zero attached hydrogens (tertiary/aromatic N) is 1. The number of amides is 1. The van der Waals surface area contributed by atoms with Gasteiger partial charge < -0.3 is 10.1 Å². The minimum absolute atomic E-state index is 0.0704. The molecule has 1 aliphatic heterocycles. The van der Waals surface area contributed by atoms with Crippen molar-refractivity contribution in [3.05, 3.63) is 59.7 Å². The summed E-state index contributed by atoms with van der Waals surface area (Å²) in [6, 6.07) is 12.4. The molecule has 1 aliphatic rings. The zero-order valence-electron chi connectivity index (χ0n) is 16.3. The van der Waals surface area contributed by atoms with Crippen molar-refractivity contribution in [1.29, 1.82) is 0 Å². The van der Waals surface area contributed by atoms with Crippen molar-refractivity contribution in [2.24, 2.45) is 0 Å². The monoisotopic (exact) mass is 406 g/mol. The molecular formula is C22H25F3N2O2. The summed E-state index contributed by atoms with van der Waals surface area (Å²) in [7, 11) is 0. The highest BCUT2D eigenvalue weighted by Gasteiger charge is 2.31. The molecule has 0 aliphatic carbocycles. The topological polar surface area (TPSA) is 41.6 Å². The molecule has 2 aromatic carbocycles. The predicted octanol–water partition coefficient (Wildman–Crippen LogP) is 5.27. The van der Waals surface area contributed by atoms with E-state index in [0.717, 1.165) is 43.5 Å². The average Bonchev–Trinajstić information content (AvgIpc) is 2.69. The highest BCUT2D eigenvalue weighted by atomic mass is 19.4. The van der Waals surface area contributed by atoms with Crippen molar-refractivity contribution in [3.63, 3.8) is 0 Å². The normalized spacial score (nSPS) is 17.7. The van der Waals surface area contributed by atoms with Gasteiger partial charge >= 0.3 is 6.18 Å². The number of nitrogens with one attached hydrogen (secondary N) is 1. The number of benzene rings is 2. The number of halogens is 3. The minimum atomic E-state index is -4.35. The molecule has 1 amide bonds. The number of ether oxygens (including phenoxy) is 1. The molecule has 7 heteroatoms. The fourth-order valence-electron chi connectivity index (χ4n) is 3.68. The van der Waals surface area contributed by atoms with Crippen molar-refractivity contribution in [1.82, 2.24) is 4.90 Å². The van der Waals surface area contributed by atoms with Gasteiger partial charge in [0.1, 0.15) is 5.75 Å². The van der Waals surface area contributed by atoms with E-state index in [1.807, 2.05) is 24.0 Å². The van der Waals surface area contributed by atoms with Gasteiger partial charge in [0.15, 0.2) is 0 Å². The number of para-hydroxylation sites is 2. The van der Waals surface area contributed by atoms with Crippen LogP contribution in [-0.2, 0) is 11.0 Å². The number of hydrogen-bond donors (Lipinski definition) is 1. The second kappa shape index (κ2) is 9.31. The zero-order valence-corrected chi connectivity index (χ0v) is 16.3. The standard InChI is InChI=1S/C22H25F3N2O2/c1-2-29-20-9-4-3-7-18(20)26-21(28)15-27-14-6-5-8-19(27)16-10-12-17(13-11-16)22(23,24)25/h3-4,7,9-13,19H,2,5-6,8,14-15H2,1H3,(H,26,28). The van der Waals surface area contributed by atoms with Crippen LogP contribution < -0.4 is 10.1 Å². The number of carbonyl (C=O) groups excluding carboxylic acids is 1. The summed E-state index contributed by atoms with van der Waals surface area (Å²) in [5.74, 6) is 0.442. The van der Waals surface area contributed by atoms with Crippen molar-refractivity contribution in [3.8, 4) is 5.75 Å². The molecule has 1 atom stereocenters. The number of rotatable bonds is 6. The van der Waals surface area contributed by atoms with Crippen LogP contribution in [0.25, 0.3) is 0 Å². The first-order chi connectivity index (χ1) is 13.9. The summed E-state index contributed by atoms with van der Waals surface area (Å²) in [5, 5.41) is 2.89. The Kier molecular flexibility index (Phi) is 6.79. The number of carbonyl (C=O) groups is 1. The van der Waals surface area contributed by atoms with Crippen LogP contribution in [0.3, 0.4) is 0 Å². The molecular weight excluding hydrogens is 381 g/mol. The molecule has 4 nitrogen and oxygen atoms in total. The summed E-state index contributed by atoms with van der Waals surface area (Å²) >= 11 is 0.